The third-order valence-electron chi connectivity index (χ3n) is 6.12. The molecule has 0 aliphatic heterocycles. The molecule has 0 aliphatic rings. The van der Waals surface area contributed by atoms with Crippen molar-refractivity contribution in [3.05, 3.63) is 95.5 Å². The van der Waals surface area contributed by atoms with Crippen molar-refractivity contribution in [2.45, 2.75) is 31.8 Å². The van der Waals surface area contributed by atoms with Gasteiger partial charge in [0.15, 0.2) is 0 Å². The topological polar surface area (TPSA) is 97.9 Å². The SMILES string of the molecule is COc1cc(C)c(S(=O)(=O)N(C)Cc2cc(C(=O)N(C)Cc3ccc(-n4ccnc4)cc3)co2)c(C)c1. The summed E-state index contributed by atoms with van der Waals surface area (Å²) in [6.45, 7) is 3.87. The number of carbonyl (C=O) groups excluding carboxylic acids is 1. The molecule has 0 saturated heterocycles. The summed E-state index contributed by atoms with van der Waals surface area (Å²) in [7, 11) is 0.948. The van der Waals surface area contributed by atoms with Crippen molar-refractivity contribution in [2.75, 3.05) is 21.2 Å². The smallest absolute Gasteiger partial charge is 0.257 e. The predicted molar refractivity (Wildman–Crippen MR) is 139 cm³/mol. The van der Waals surface area contributed by atoms with E-state index in [1.807, 2.05) is 35.0 Å². The van der Waals surface area contributed by atoms with Crippen LogP contribution < -0.4 is 4.74 Å². The van der Waals surface area contributed by atoms with Crippen LogP contribution in [0.4, 0.5) is 0 Å². The number of nitrogens with zero attached hydrogens (tertiary/aromatic N) is 4. The zero-order valence-corrected chi connectivity index (χ0v) is 22.3. The Hall–Kier alpha value is -3.89. The van der Waals surface area contributed by atoms with E-state index in [9.17, 15) is 13.2 Å². The van der Waals surface area contributed by atoms with Crippen molar-refractivity contribution in [1.82, 2.24) is 18.8 Å². The van der Waals surface area contributed by atoms with E-state index in [1.165, 1.54) is 17.6 Å². The standard InChI is InChI=1S/C27H30N4O5S/c1-19-12-24(35-5)13-20(2)26(19)37(33,34)30(4)16-25-14-22(17-36-25)27(32)29(3)15-21-6-8-23(9-7-21)31-11-10-28-18-31/h6-14,17-18H,15-16H2,1-5H3. The van der Waals surface area contributed by atoms with Gasteiger partial charge in [0, 0.05) is 38.7 Å². The van der Waals surface area contributed by atoms with Gasteiger partial charge in [-0.05, 0) is 60.9 Å². The molecule has 0 atom stereocenters. The molecule has 4 aromatic rings. The second-order valence-electron chi connectivity index (χ2n) is 8.95. The molecule has 4 rings (SSSR count). The van der Waals surface area contributed by atoms with Crippen LogP contribution in [-0.4, -0.2) is 54.3 Å². The Morgan fingerprint density at radius 1 is 1.05 bits per heavy atom. The lowest BCUT2D eigenvalue weighted by atomic mass is 10.1. The van der Waals surface area contributed by atoms with E-state index in [0.717, 1.165) is 11.3 Å². The van der Waals surface area contributed by atoms with Gasteiger partial charge in [0.2, 0.25) is 10.0 Å². The van der Waals surface area contributed by atoms with E-state index in [2.05, 4.69) is 4.98 Å². The summed E-state index contributed by atoms with van der Waals surface area (Å²) >= 11 is 0. The molecule has 0 bridgehead atoms. The highest BCUT2D eigenvalue weighted by Crippen LogP contribution is 2.28. The van der Waals surface area contributed by atoms with Gasteiger partial charge in [-0.25, -0.2) is 13.4 Å². The molecule has 37 heavy (non-hydrogen) atoms. The number of sulfonamides is 1. The summed E-state index contributed by atoms with van der Waals surface area (Å²) in [6.07, 6.45) is 6.67. The second kappa shape index (κ2) is 10.6. The van der Waals surface area contributed by atoms with Gasteiger partial charge in [0.25, 0.3) is 5.91 Å². The molecule has 0 unspecified atom stereocenters. The van der Waals surface area contributed by atoms with Crippen LogP contribution in [0, 0.1) is 13.8 Å². The number of methoxy groups -OCH3 is 1. The van der Waals surface area contributed by atoms with Crippen LogP contribution >= 0.6 is 0 Å². The van der Waals surface area contributed by atoms with Gasteiger partial charge in [-0.2, -0.15) is 4.31 Å². The highest BCUT2D eigenvalue weighted by atomic mass is 32.2. The summed E-state index contributed by atoms with van der Waals surface area (Å²) < 4.78 is 40.5. The van der Waals surface area contributed by atoms with Crippen LogP contribution in [0.25, 0.3) is 5.69 Å². The molecule has 2 heterocycles. The van der Waals surface area contributed by atoms with Gasteiger partial charge < -0.3 is 18.6 Å². The van der Waals surface area contributed by atoms with E-state index in [1.54, 1.807) is 63.6 Å². The zero-order chi connectivity index (χ0) is 26.7. The van der Waals surface area contributed by atoms with Crippen LogP contribution in [0.3, 0.4) is 0 Å². The van der Waals surface area contributed by atoms with E-state index in [4.69, 9.17) is 9.15 Å². The van der Waals surface area contributed by atoms with Crippen LogP contribution in [0.15, 0.2) is 76.8 Å². The van der Waals surface area contributed by atoms with Gasteiger partial charge in [-0.15, -0.1) is 0 Å². The quantitative estimate of drug-likeness (QED) is 0.327. The van der Waals surface area contributed by atoms with Crippen LogP contribution in [0.2, 0.25) is 0 Å². The van der Waals surface area contributed by atoms with Crippen molar-refractivity contribution in [2.24, 2.45) is 0 Å². The maximum absolute atomic E-state index is 13.3. The minimum atomic E-state index is -3.79. The fraction of sp³-hybridized carbons (Fsp3) is 0.259. The molecule has 194 valence electrons. The Bertz CT molecular complexity index is 1470. The summed E-state index contributed by atoms with van der Waals surface area (Å²) in [4.78, 5) is 18.9. The Balaban J connectivity index is 1.42. The van der Waals surface area contributed by atoms with Crippen LogP contribution in [0.1, 0.15) is 32.8 Å². The number of hydrogen-bond donors (Lipinski definition) is 0. The number of imidazole rings is 1. The molecule has 0 fully saturated rings. The van der Waals surface area contributed by atoms with E-state index >= 15 is 0 Å². The normalized spacial score (nSPS) is 11.6. The zero-order valence-electron chi connectivity index (χ0n) is 21.5. The van der Waals surface area contributed by atoms with Gasteiger partial charge in [-0.3, -0.25) is 4.79 Å². The molecule has 2 aromatic carbocycles. The maximum Gasteiger partial charge on any atom is 0.257 e. The maximum atomic E-state index is 13.3. The first-order chi connectivity index (χ1) is 17.6. The fourth-order valence-electron chi connectivity index (χ4n) is 4.22. The second-order valence-corrected chi connectivity index (χ2v) is 10.9. The van der Waals surface area contributed by atoms with Crippen molar-refractivity contribution in [3.8, 4) is 11.4 Å². The number of amides is 1. The van der Waals surface area contributed by atoms with E-state index in [0.29, 0.717) is 34.7 Å². The lowest BCUT2D eigenvalue weighted by Crippen LogP contribution is -2.28. The number of benzene rings is 2. The molecule has 0 spiro atoms. The minimum absolute atomic E-state index is 0.0139. The van der Waals surface area contributed by atoms with Gasteiger partial charge in [-0.1, -0.05) is 12.1 Å². The molecular weight excluding hydrogens is 492 g/mol. The average molecular weight is 523 g/mol. The molecule has 0 saturated carbocycles. The largest absolute Gasteiger partial charge is 0.497 e. The average Bonchev–Trinajstić information content (AvgIpc) is 3.56. The number of rotatable bonds is 9. The van der Waals surface area contributed by atoms with Gasteiger partial charge in [0.1, 0.15) is 17.8 Å². The lowest BCUT2D eigenvalue weighted by Gasteiger charge is -2.20. The van der Waals surface area contributed by atoms with Crippen molar-refractivity contribution in [1.29, 1.82) is 0 Å². The number of aromatic nitrogens is 2. The Morgan fingerprint density at radius 2 is 1.73 bits per heavy atom. The highest BCUT2D eigenvalue weighted by molar-refractivity contribution is 7.89. The van der Waals surface area contributed by atoms with Crippen molar-refractivity contribution >= 4 is 15.9 Å². The lowest BCUT2D eigenvalue weighted by molar-refractivity contribution is 0.0784. The van der Waals surface area contributed by atoms with Crippen LogP contribution in [-0.2, 0) is 23.1 Å². The third-order valence-corrected chi connectivity index (χ3v) is 8.23. The first-order valence-corrected chi connectivity index (χ1v) is 13.1. The first-order valence-electron chi connectivity index (χ1n) is 11.6. The number of carbonyl (C=O) groups is 1. The molecule has 0 N–H and O–H groups in total. The molecule has 9 nitrogen and oxygen atoms in total. The molecule has 1 amide bonds. The number of furan rings is 1. The number of aryl methyl sites for hydroxylation is 2. The summed E-state index contributed by atoms with van der Waals surface area (Å²) in [5.74, 6) is 0.751. The van der Waals surface area contributed by atoms with Gasteiger partial charge in [0.05, 0.1) is 30.4 Å². The molecule has 0 radical (unpaired) electrons. The monoisotopic (exact) mass is 522 g/mol. The molecule has 2 aromatic heterocycles. The first kappa shape index (κ1) is 26.2. The Labute approximate surface area is 217 Å². The minimum Gasteiger partial charge on any atom is -0.497 e. The predicted octanol–water partition coefficient (Wildman–Crippen LogP) is 4.18. The highest BCUT2D eigenvalue weighted by Gasteiger charge is 2.27. The Kier molecular flexibility index (Phi) is 7.51. The third kappa shape index (κ3) is 5.60. The van der Waals surface area contributed by atoms with Crippen molar-refractivity contribution < 1.29 is 22.4 Å². The molecule has 10 heteroatoms. The summed E-state index contributed by atoms with van der Waals surface area (Å²) in [5.41, 5.74) is 3.50. The van der Waals surface area contributed by atoms with Gasteiger partial charge >= 0.3 is 0 Å². The van der Waals surface area contributed by atoms with E-state index in [-0.39, 0.29) is 17.3 Å². The van der Waals surface area contributed by atoms with Crippen LogP contribution in [0.5, 0.6) is 5.75 Å². The fourth-order valence-corrected chi connectivity index (χ4v) is 5.76. The molecule has 0 aliphatic carbocycles. The van der Waals surface area contributed by atoms with E-state index < -0.39 is 10.0 Å². The number of hydrogen-bond acceptors (Lipinski definition) is 6. The number of ether oxygens (including phenoxy) is 1. The molecular formula is C27H30N4O5S. The van der Waals surface area contributed by atoms with Crippen molar-refractivity contribution in [3.63, 3.8) is 0 Å². The Morgan fingerprint density at radius 3 is 2.32 bits per heavy atom. The summed E-state index contributed by atoms with van der Waals surface area (Å²) in [6, 6.07) is 12.8. The summed E-state index contributed by atoms with van der Waals surface area (Å²) in [5, 5.41) is 0.